The standard InChI is InChI=1S/C12H15N5O2S/c1-3-17-11(18)15-16-12(17)20-9-6-7(19-2)4-5-8(9)10(13)14/h4-6H,3H2,1-2H3,(H3,13,14)(H,15,18). The summed E-state index contributed by atoms with van der Waals surface area (Å²) >= 11 is 1.26. The fourth-order valence-electron chi connectivity index (χ4n) is 1.69. The minimum absolute atomic E-state index is 0.0453. The second-order valence-electron chi connectivity index (χ2n) is 3.93. The highest BCUT2D eigenvalue weighted by molar-refractivity contribution is 7.99. The molecular formula is C12H15N5O2S. The van der Waals surface area contributed by atoms with Gasteiger partial charge >= 0.3 is 5.69 Å². The molecule has 0 aliphatic rings. The van der Waals surface area contributed by atoms with E-state index >= 15 is 0 Å². The van der Waals surface area contributed by atoms with Gasteiger partial charge in [0, 0.05) is 17.0 Å². The number of benzene rings is 1. The minimum Gasteiger partial charge on any atom is -0.497 e. The lowest BCUT2D eigenvalue weighted by Gasteiger charge is -2.09. The zero-order valence-electron chi connectivity index (χ0n) is 11.1. The van der Waals surface area contributed by atoms with E-state index in [1.807, 2.05) is 6.92 Å². The fraction of sp³-hybridized carbons (Fsp3) is 0.250. The van der Waals surface area contributed by atoms with Crippen molar-refractivity contribution < 1.29 is 4.74 Å². The number of nitrogens with two attached hydrogens (primary N) is 1. The van der Waals surface area contributed by atoms with Crippen LogP contribution >= 0.6 is 11.8 Å². The van der Waals surface area contributed by atoms with Gasteiger partial charge in [-0.1, -0.05) is 0 Å². The molecule has 0 aliphatic carbocycles. The maximum atomic E-state index is 11.5. The maximum Gasteiger partial charge on any atom is 0.343 e. The number of aromatic nitrogens is 3. The van der Waals surface area contributed by atoms with Crippen molar-refractivity contribution in [1.82, 2.24) is 14.8 Å². The summed E-state index contributed by atoms with van der Waals surface area (Å²) in [6.45, 7) is 2.37. The summed E-state index contributed by atoms with van der Waals surface area (Å²) in [4.78, 5) is 12.3. The molecule has 20 heavy (non-hydrogen) atoms. The fourth-order valence-corrected chi connectivity index (χ4v) is 2.77. The van der Waals surface area contributed by atoms with Gasteiger partial charge in [-0.15, -0.1) is 5.10 Å². The highest BCUT2D eigenvalue weighted by Crippen LogP contribution is 2.31. The van der Waals surface area contributed by atoms with Gasteiger partial charge in [-0.2, -0.15) is 0 Å². The summed E-state index contributed by atoms with van der Waals surface area (Å²) in [5, 5.41) is 14.5. The summed E-state index contributed by atoms with van der Waals surface area (Å²) < 4.78 is 6.68. The molecule has 7 nitrogen and oxygen atoms in total. The largest absolute Gasteiger partial charge is 0.497 e. The lowest BCUT2D eigenvalue weighted by molar-refractivity contribution is 0.413. The molecule has 1 aromatic carbocycles. The van der Waals surface area contributed by atoms with E-state index in [1.165, 1.54) is 16.3 Å². The zero-order chi connectivity index (χ0) is 14.7. The molecule has 0 atom stereocenters. The highest BCUT2D eigenvalue weighted by Gasteiger charge is 2.13. The number of aromatic amines is 1. The Morgan fingerprint density at radius 2 is 2.35 bits per heavy atom. The SMILES string of the molecule is CCn1c(Sc2cc(OC)ccc2C(=N)N)n[nH]c1=O. The van der Waals surface area contributed by atoms with Gasteiger partial charge in [-0.05, 0) is 36.9 Å². The molecule has 0 fully saturated rings. The van der Waals surface area contributed by atoms with Crippen LogP contribution in [0.4, 0.5) is 0 Å². The van der Waals surface area contributed by atoms with Crippen LogP contribution in [0.1, 0.15) is 12.5 Å². The molecule has 0 saturated carbocycles. The van der Waals surface area contributed by atoms with Crippen LogP contribution < -0.4 is 16.2 Å². The van der Waals surface area contributed by atoms with Gasteiger partial charge in [-0.3, -0.25) is 9.98 Å². The van der Waals surface area contributed by atoms with Crippen molar-refractivity contribution in [2.75, 3.05) is 7.11 Å². The molecule has 4 N–H and O–H groups in total. The number of hydrogen-bond acceptors (Lipinski definition) is 5. The molecule has 2 aromatic rings. The number of H-pyrrole nitrogens is 1. The smallest absolute Gasteiger partial charge is 0.343 e. The van der Waals surface area contributed by atoms with Gasteiger partial charge in [-0.25, -0.2) is 9.89 Å². The molecule has 0 amide bonds. The van der Waals surface area contributed by atoms with E-state index < -0.39 is 0 Å². The number of amidine groups is 1. The van der Waals surface area contributed by atoms with Gasteiger partial charge < -0.3 is 10.5 Å². The van der Waals surface area contributed by atoms with Gasteiger partial charge in [0.05, 0.1) is 7.11 Å². The molecular weight excluding hydrogens is 278 g/mol. The number of methoxy groups -OCH3 is 1. The highest BCUT2D eigenvalue weighted by atomic mass is 32.2. The van der Waals surface area contributed by atoms with Crippen LogP contribution in [0, 0.1) is 5.41 Å². The molecule has 1 aromatic heterocycles. The van der Waals surface area contributed by atoms with Crippen molar-refractivity contribution in [3.8, 4) is 5.75 Å². The molecule has 106 valence electrons. The third kappa shape index (κ3) is 2.69. The van der Waals surface area contributed by atoms with Crippen molar-refractivity contribution in [1.29, 1.82) is 5.41 Å². The lowest BCUT2D eigenvalue weighted by atomic mass is 10.2. The van der Waals surface area contributed by atoms with E-state index in [9.17, 15) is 4.79 Å². The molecule has 1 heterocycles. The molecule has 0 bridgehead atoms. The first-order valence-corrected chi connectivity index (χ1v) is 6.74. The van der Waals surface area contributed by atoms with Crippen LogP contribution in [0.25, 0.3) is 0 Å². The summed E-state index contributed by atoms with van der Waals surface area (Å²) in [6.07, 6.45) is 0. The maximum absolute atomic E-state index is 11.5. The van der Waals surface area contributed by atoms with Crippen LogP contribution in [-0.4, -0.2) is 27.7 Å². The van der Waals surface area contributed by atoms with Crippen LogP contribution in [0.2, 0.25) is 0 Å². The minimum atomic E-state index is -0.262. The summed E-state index contributed by atoms with van der Waals surface area (Å²) in [6, 6.07) is 5.21. The summed E-state index contributed by atoms with van der Waals surface area (Å²) in [7, 11) is 1.56. The molecule has 0 radical (unpaired) electrons. The zero-order valence-corrected chi connectivity index (χ0v) is 12.0. The van der Waals surface area contributed by atoms with Crippen molar-refractivity contribution in [2.45, 2.75) is 23.5 Å². The third-order valence-corrected chi connectivity index (χ3v) is 3.77. The Morgan fingerprint density at radius 1 is 1.60 bits per heavy atom. The van der Waals surface area contributed by atoms with Crippen molar-refractivity contribution in [2.24, 2.45) is 5.73 Å². The van der Waals surface area contributed by atoms with Crippen molar-refractivity contribution in [3.63, 3.8) is 0 Å². The third-order valence-electron chi connectivity index (χ3n) is 2.72. The summed E-state index contributed by atoms with van der Waals surface area (Å²) in [5.41, 5.74) is 5.88. The number of rotatable bonds is 5. The average molecular weight is 293 g/mol. The van der Waals surface area contributed by atoms with E-state index in [0.29, 0.717) is 27.9 Å². The Hall–Kier alpha value is -2.22. The Labute approximate surface area is 119 Å². The van der Waals surface area contributed by atoms with Crippen LogP contribution in [0.3, 0.4) is 0 Å². The second kappa shape index (κ2) is 5.83. The van der Waals surface area contributed by atoms with Crippen LogP contribution in [0.5, 0.6) is 5.75 Å². The number of hydrogen-bond donors (Lipinski definition) is 3. The van der Waals surface area contributed by atoms with Gasteiger partial charge in [0.1, 0.15) is 11.6 Å². The first kappa shape index (κ1) is 14.2. The van der Waals surface area contributed by atoms with Gasteiger partial charge in [0.15, 0.2) is 5.16 Å². The van der Waals surface area contributed by atoms with Gasteiger partial charge in [0.25, 0.3) is 0 Å². The molecule has 0 unspecified atom stereocenters. The van der Waals surface area contributed by atoms with E-state index in [-0.39, 0.29) is 11.5 Å². The number of nitrogens with zero attached hydrogens (tertiary/aromatic N) is 2. The first-order valence-electron chi connectivity index (χ1n) is 5.92. The molecule has 2 rings (SSSR count). The molecule has 0 saturated heterocycles. The van der Waals surface area contributed by atoms with E-state index in [2.05, 4.69) is 10.2 Å². The topological polar surface area (TPSA) is 110 Å². The van der Waals surface area contributed by atoms with Crippen molar-refractivity contribution >= 4 is 17.6 Å². The van der Waals surface area contributed by atoms with Crippen LogP contribution in [0.15, 0.2) is 33.0 Å². The lowest BCUT2D eigenvalue weighted by Crippen LogP contribution is -2.16. The Morgan fingerprint density at radius 3 is 2.95 bits per heavy atom. The average Bonchev–Trinajstić information content (AvgIpc) is 2.78. The van der Waals surface area contributed by atoms with Crippen LogP contribution in [-0.2, 0) is 6.54 Å². The monoisotopic (exact) mass is 293 g/mol. The van der Waals surface area contributed by atoms with E-state index in [4.69, 9.17) is 15.9 Å². The number of nitrogens with one attached hydrogen (secondary N) is 2. The predicted molar refractivity (Wildman–Crippen MR) is 76.7 cm³/mol. The Balaban J connectivity index is 2.45. The van der Waals surface area contributed by atoms with E-state index in [0.717, 1.165) is 0 Å². The number of ether oxygens (including phenoxy) is 1. The molecule has 0 spiro atoms. The second-order valence-corrected chi connectivity index (χ2v) is 4.94. The Kier molecular flexibility index (Phi) is 4.14. The normalized spacial score (nSPS) is 10.5. The van der Waals surface area contributed by atoms with Crippen molar-refractivity contribution in [3.05, 3.63) is 34.2 Å². The molecule has 0 aliphatic heterocycles. The first-order chi connectivity index (χ1) is 9.56. The van der Waals surface area contributed by atoms with Gasteiger partial charge in [0.2, 0.25) is 0 Å². The predicted octanol–water partition coefficient (Wildman–Crippen LogP) is 1.04. The van der Waals surface area contributed by atoms with E-state index in [1.54, 1.807) is 25.3 Å². The molecule has 8 heteroatoms. The summed E-state index contributed by atoms with van der Waals surface area (Å²) in [5.74, 6) is 0.606. The Bertz CT molecular complexity index is 691. The number of nitrogen functional groups attached to an aromatic ring is 1. The quantitative estimate of drug-likeness (QED) is 0.563.